The van der Waals surface area contributed by atoms with Crippen molar-refractivity contribution in [3.05, 3.63) is 29.8 Å². The molecule has 1 saturated carbocycles. The molecule has 3 atom stereocenters. The topological polar surface area (TPSA) is 61.7 Å². The van der Waals surface area contributed by atoms with Crippen LogP contribution in [-0.4, -0.2) is 42.6 Å². The molecule has 0 spiro atoms. The number of nitrogens with one attached hydrogen (secondary N) is 1. The van der Waals surface area contributed by atoms with Gasteiger partial charge in [0.2, 0.25) is 0 Å². The lowest BCUT2D eigenvalue weighted by molar-refractivity contribution is 0.104. The van der Waals surface area contributed by atoms with E-state index in [1.807, 2.05) is 31.2 Å². The molecule has 2 rings (SSSR count). The highest BCUT2D eigenvalue weighted by Crippen LogP contribution is 2.30. The van der Waals surface area contributed by atoms with Crippen LogP contribution in [0.3, 0.4) is 0 Å². The zero-order valence-electron chi connectivity index (χ0n) is 12.8. The molecule has 1 aliphatic rings. The zero-order valence-corrected chi connectivity index (χ0v) is 12.8. The van der Waals surface area contributed by atoms with E-state index in [2.05, 4.69) is 5.32 Å². The van der Waals surface area contributed by atoms with Crippen LogP contribution in [0.5, 0.6) is 5.75 Å². The van der Waals surface area contributed by atoms with Gasteiger partial charge in [-0.05, 0) is 50.3 Å². The molecule has 0 saturated heterocycles. The largest absolute Gasteiger partial charge is 0.491 e. The SMILES string of the molecule is Cc1ccc(OCC(O)CNCC2CCCC2CO)cc1. The first-order chi connectivity index (χ1) is 10.2. The lowest BCUT2D eigenvalue weighted by Crippen LogP contribution is -2.35. The molecule has 3 unspecified atom stereocenters. The van der Waals surface area contributed by atoms with Crippen molar-refractivity contribution >= 4 is 0 Å². The van der Waals surface area contributed by atoms with Crippen molar-refractivity contribution < 1.29 is 14.9 Å². The summed E-state index contributed by atoms with van der Waals surface area (Å²) in [4.78, 5) is 0. The van der Waals surface area contributed by atoms with Gasteiger partial charge < -0.3 is 20.3 Å². The van der Waals surface area contributed by atoms with E-state index < -0.39 is 6.10 Å². The van der Waals surface area contributed by atoms with Gasteiger partial charge in [0.25, 0.3) is 0 Å². The smallest absolute Gasteiger partial charge is 0.119 e. The Bertz CT molecular complexity index is 407. The molecule has 0 aliphatic heterocycles. The van der Waals surface area contributed by atoms with Crippen molar-refractivity contribution in [2.24, 2.45) is 11.8 Å². The first-order valence-electron chi connectivity index (χ1n) is 7.88. The van der Waals surface area contributed by atoms with Gasteiger partial charge in [0, 0.05) is 13.2 Å². The van der Waals surface area contributed by atoms with Gasteiger partial charge in [-0.25, -0.2) is 0 Å². The molecule has 0 bridgehead atoms. The third kappa shape index (κ3) is 5.30. The normalized spacial score (nSPS) is 23.2. The van der Waals surface area contributed by atoms with Crippen LogP contribution >= 0.6 is 0 Å². The third-order valence-electron chi connectivity index (χ3n) is 4.30. The van der Waals surface area contributed by atoms with E-state index in [4.69, 9.17) is 4.74 Å². The lowest BCUT2D eigenvalue weighted by Gasteiger charge is -2.19. The van der Waals surface area contributed by atoms with Crippen LogP contribution in [0.15, 0.2) is 24.3 Å². The summed E-state index contributed by atoms with van der Waals surface area (Å²) in [6.07, 6.45) is 2.99. The fourth-order valence-corrected chi connectivity index (χ4v) is 2.94. The van der Waals surface area contributed by atoms with Gasteiger partial charge in [-0.15, -0.1) is 0 Å². The lowest BCUT2D eigenvalue weighted by atomic mass is 9.97. The average molecular weight is 293 g/mol. The maximum atomic E-state index is 9.93. The molecule has 4 nitrogen and oxygen atoms in total. The number of rotatable bonds is 8. The molecular formula is C17H27NO3. The molecule has 1 aromatic carbocycles. The maximum Gasteiger partial charge on any atom is 0.119 e. The standard InChI is InChI=1S/C17H27NO3/c1-13-5-7-17(8-6-13)21-12-16(20)10-18-9-14-3-2-4-15(14)11-19/h5-8,14-16,18-20H,2-4,9-12H2,1H3. The van der Waals surface area contributed by atoms with Gasteiger partial charge in [0.1, 0.15) is 18.5 Å². The highest BCUT2D eigenvalue weighted by atomic mass is 16.5. The fourth-order valence-electron chi connectivity index (χ4n) is 2.94. The summed E-state index contributed by atoms with van der Waals surface area (Å²) < 4.78 is 5.56. The highest BCUT2D eigenvalue weighted by molar-refractivity contribution is 5.26. The Morgan fingerprint density at radius 2 is 1.95 bits per heavy atom. The summed E-state index contributed by atoms with van der Waals surface area (Å²) in [5, 5.41) is 22.5. The summed E-state index contributed by atoms with van der Waals surface area (Å²) in [7, 11) is 0. The molecule has 1 fully saturated rings. The average Bonchev–Trinajstić information content (AvgIpc) is 2.94. The number of aliphatic hydroxyl groups excluding tert-OH is 2. The minimum absolute atomic E-state index is 0.283. The highest BCUT2D eigenvalue weighted by Gasteiger charge is 2.26. The van der Waals surface area contributed by atoms with Crippen molar-refractivity contribution in [2.75, 3.05) is 26.3 Å². The van der Waals surface area contributed by atoms with E-state index in [0.29, 0.717) is 25.0 Å². The van der Waals surface area contributed by atoms with Gasteiger partial charge in [-0.3, -0.25) is 0 Å². The third-order valence-corrected chi connectivity index (χ3v) is 4.30. The van der Waals surface area contributed by atoms with Crippen molar-refractivity contribution in [3.63, 3.8) is 0 Å². The number of ether oxygens (including phenoxy) is 1. The van der Waals surface area contributed by atoms with E-state index in [9.17, 15) is 10.2 Å². The number of hydrogen-bond donors (Lipinski definition) is 3. The summed E-state index contributed by atoms with van der Waals surface area (Å²) in [5.74, 6) is 1.76. The molecule has 1 aliphatic carbocycles. The molecular weight excluding hydrogens is 266 g/mol. The van der Waals surface area contributed by atoms with Crippen LogP contribution in [0.25, 0.3) is 0 Å². The van der Waals surface area contributed by atoms with Gasteiger partial charge in [0.15, 0.2) is 0 Å². The summed E-state index contributed by atoms with van der Waals surface area (Å²) >= 11 is 0. The Morgan fingerprint density at radius 3 is 2.67 bits per heavy atom. The molecule has 0 aromatic heterocycles. The fraction of sp³-hybridized carbons (Fsp3) is 0.647. The van der Waals surface area contributed by atoms with Crippen LogP contribution in [0, 0.1) is 18.8 Å². The molecule has 0 radical (unpaired) electrons. The molecule has 3 N–H and O–H groups in total. The van der Waals surface area contributed by atoms with E-state index in [1.54, 1.807) is 0 Å². The quantitative estimate of drug-likeness (QED) is 0.683. The molecule has 4 heteroatoms. The second-order valence-electron chi connectivity index (χ2n) is 6.07. The van der Waals surface area contributed by atoms with Crippen LogP contribution in [0.4, 0.5) is 0 Å². The van der Waals surface area contributed by atoms with E-state index in [0.717, 1.165) is 18.7 Å². The van der Waals surface area contributed by atoms with E-state index >= 15 is 0 Å². The number of benzene rings is 1. The summed E-state index contributed by atoms with van der Waals surface area (Å²) in [6.45, 7) is 4.01. The van der Waals surface area contributed by atoms with E-state index in [-0.39, 0.29) is 6.61 Å². The zero-order chi connectivity index (χ0) is 15.1. The Labute approximate surface area is 127 Å². The van der Waals surface area contributed by atoms with Crippen molar-refractivity contribution in [1.29, 1.82) is 0 Å². The number of aliphatic hydroxyl groups is 2. The van der Waals surface area contributed by atoms with Gasteiger partial charge in [0.05, 0.1) is 0 Å². The summed E-state index contributed by atoms with van der Waals surface area (Å²) in [6, 6.07) is 7.82. The van der Waals surface area contributed by atoms with Crippen LogP contribution in [0.2, 0.25) is 0 Å². The predicted octanol–water partition coefficient (Wildman–Crippen LogP) is 1.73. The van der Waals surface area contributed by atoms with Gasteiger partial charge in [-0.1, -0.05) is 24.1 Å². The van der Waals surface area contributed by atoms with Gasteiger partial charge >= 0.3 is 0 Å². The predicted molar refractivity (Wildman–Crippen MR) is 83.5 cm³/mol. The monoisotopic (exact) mass is 293 g/mol. The molecule has 1 aromatic rings. The molecule has 0 amide bonds. The van der Waals surface area contributed by atoms with Crippen LogP contribution in [-0.2, 0) is 0 Å². The van der Waals surface area contributed by atoms with E-state index in [1.165, 1.54) is 18.4 Å². The summed E-state index contributed by atoms with van der Waals surface area (Å²) in [5.41, 5.74) is 1.19. The number of aryl methyl sites for hydroxylation is 1. The van der Waals surface area contributed by atoms with Gasteiger partial charge in [-0.2, -0.15) is 0 Å². The van der Waals surface area contributed by atoms with Crippen LogP contribution in [0.1, 0.15) is 24.8 Å². The number of hydrogen-bond acceptors (Lipinski definition) is 4. The first-order valence-corrected chi connectivity index (χ1v) is 7.88. The van der Waals surface area contributed by atoms with Crippen molar-refractivity contribution in [2.45, 2.75) is 32.3 Å². The minimum Gasteiger partial charge on any atom is -0.491 e. The Balaban J connectivity index is 1.61. The van der Waals surface area contributed by atoms with Crippen LogP contribution < -0.4 is 10.1 Å². The Kier molecular flexibility index (Phi) is 6.49. The Morgan fingerprint density at radius 1 is 1.24 bits per heavy atom. The second-order valence-corrected chi connectivity index (χ2v) is 6.07. The Hall–Kier alpha value is -1.10. The maximum absolute atomic E-state index is 9.93. The van der Waals surface area contributed by atoms with Crippen molar-refractivity contribution in [1.82, 2.24) is 5.32 Å². The van der Waals surface area contributed by atoms with Crippen molar-refractivity contribution in [3.8, 4) is 5.75 Å². The molecule has 21 heavy (non-hydrogen) atoms. The molecule has 118 valence electrons. The molecule has 0 heterocycles. The second kappa shape index (κ2) is 8.37. The minimum atomic E-state index is -0.514. The first kappa shape index (κ1) is 16.3.